The fourth-order valence-corrected chi connectivity index (χ4v) is 3.54. The van der Waals surface area contributed by atoms with Crippen LogP contribution in [0.2, 0.25) is 0 Å². The second-order valence-electron chi connectivity index (χ2n) is 5.06. The molecule has 0 bridgehead atoms. The highest BCUT2D eigenvalue weighted by Crippen LogP contribution is 2.31. The zero-order valence-electron chi connectivity index (χ0n) is 12.6. The summed E-state index contributed by atoms with van der Waals surface area (Å²) in [7, 11) is 0. The third-order valence-electron chi connectivity index (χ3n) is 3.28. The first kappa shape index (κ1) is 17.7. The number of hydrazine groups is 1. The van der Waals surface area contributed by atoms with Gasteiger partial charge in [-0.15, -0.1) is 0 Å². The van der Waals surface area contributed by atoms with Gasteiger partial charge in [0, 0.05) is 10.0 Å². The number of nitrogens with one attached hydrogen (secondary N) is 1. The number of phenols is 1. The van der Waals surface area contributed by atoms with Crippen molar-refractivity contribution in [2.45, 2.75) is 0 Å². The Kier molecular flexibility index (Phi) is 5.22. The molecule has 1 aliphatic rings. The Bertz CT molecular complexity index is 897. The molecule has 2 aromatic carbocycles. The van der Waals surface area contributed by atoms with Crippen molar-refractivity contribution in [3.05, 3.63) is 69.0 Å². The number of phenolic OH excluding ortho intramolecular Hbond substituents is 1. The lowest BCUT2D eigenvalue weighted by Gasteiger charge is -2.15. The maximum atomic E-state index is 12.5. The molecule has 0 atom stereocenters. The van der Waals surface area contributed by atoms with E-state index >= 15 is 0 Å². The van der Waals surface area contributed by atoms with E-state index in [1.54, 1.807) is 48.5 Å². The van der Waals surface area contributed by atoms with Gasteiger partial charge in [-0.1, -0.05) is 39.8 Å². The lowest BCUT2D eigenvalue weighted by Crippen LogP contribution is -2.44. The van der Waals surface area contributed by atoms with Crippen LogP contribution in [0.25, 0.3) is 6.08 Å². The second-order valence-corrected chi connectivity index (χ2v) is 7.65. The van der Waals surface area contributed by atoms with Gasteiger partial charge in [0.15, 0.2) is 4.32 Å². The molecule has 1 aliphatic heterocycles. The maximum Gasteiger partial charge on any atom is 0.285 e. The fraction of sp³-hybridized carbons (Fsp3) is 0. The first-order valence-corrected chi connectivity index (χ1v) is 9.09. The van der Waals surface area contributed by atoms with Gasteiger partial charge in [0.2, 0.25) is 0 Å². The molecule has 1 heterocycles. The normalized spacial score (nSPS) is 15.7. The van der Waals surface area contributed by atoms with Gasteiger partial charge in [0.1, 0.15) is 5.75 Å². The summed E-state index contributed by atoms with van der Waals surface area (Å²) in [5.74, 6) is -0.737. The predicted molar refractivity (Wildman–Crippen MR) is 105 cm³/mol. The minimum atomic E-state index is -0.428. The Morgan fingerprint density at radius 1 is 1.24 bits per heavy atom. The monoisotopic (exact) mass is 434 g/mol. The number of aromatic hydroxyl groups is 1. The van der Waals surface area contributed by atoms with E-state index in [0.717, 1.165) is 21.2 Å². The Hall–Kier alpha value is -2.16. The number of thiocarbonyl (C=S) groups is 1. The highest BCUT2D eigenvalue weighted by molar-refractivity contribution is 9.10. The summed E-state index contributed by atoms with van der Waals surface area (Å²) in [5.41, 5.74) is 3.60. The number of carbonyl (C=O) groups excluding carboxylic acids is 2. The Labute approximate surface area is 161 Å². The molecule has 5 nitrogen and oxygen atoms in total. The molecule has 0 spiro atoms. The van der Waals surface area contributed by atoms with Gasteiger partial charge in [0.05, 0.1) is 4.91 Å². The molecule has 1 fully saturated rings. The number of hydrogen-bond acceptors (Lipinski definition) is 5. The SMILES string of the molecule is O=C(NN1C(=O)/C(=C\c2cccc(O)c2)SC1=S)c1ccc(Br)cc1. The van der Waals surface area contributed by atoms with Gasteiger partial charge < -0.3 is 5.11 Å². The van der Waals surface area contributed by atoms with Gasteiger partial charge in [-0.25, -0.2) is 0 Å². The molecular formula is C17H11BrN2O3S2. The summed E-state index contributed by atoms with van der Waals surface area (Å²) in [5, 5.41) is 10.6. The molecule has 2 amide bonds. The molecule has 2 aromatic rings. The van der Waals surface area contributed by atoms with Crippen LogP contribution < -0.4 is 5.43 Å². The molecule has 0 aliphatic carbocycles. The number of benzene rings is 2. The van der Waals surface area contributed by atoms with Gasteiger partial charge in [-0.3, -0.25) is 15.0 Å². The van der Waals surface area contributed by atoms with Crippen molar-refractivity contribution in [1.29, 1.82) is 0 Å². The van der Waals surface area contributed by atoms with E-state index in [0.29, 0.717) is 16.0 Å². The Morgan fingerprint density at radius 2 is 1.96 bits per heavy atom. The second kappa shape index (κ2) is 7.38. The van der Waals surface area contributed by atoms with E-state index in [2.05, 4.69) is 21.4 Å². The van der Waals surface area contributed by atoms with Crippen molar-refractivity contribution >= 4 is 62.1 Å². The number of carbonyl (C=O) groups is 2. The van der Waals surface area contributed by atoms with Gasteiger partial charge in [-0.05, 0) is 60.3 Å². The number of rotatable bonds is 3. The third-order valence-corrected chi connectivity index (χ3v) is 5.11. The van der Waals surface area contributed by atoms with E-state index in [-0.39, 0.29) is 10.1 Å². The van der Waals surface area contributed by atoms with Crippen LogP contribution in [-0.4, -0.2) is 26.3 Å². The summed E-state index contributed by atoms with van der Waals surface area (Å²) >= 11 is 9.57. The van der Waals surface area contributed by atoms with Crippen molar-refractivity contribution in [2.75, 3.05) is 0 Å². The Balaban J connectivity index is 1.77. The molecule has 0 aromatic heterocycles. The average molecular weight is 435 g/mol. The molecule has 0 radical (unpaired) electrons. The summed E-state index contributed by atoms with van der Waals surface area (Å²) in [6, 6.07) is 13.3. The van der Waals surface area contributed by atoms with E-state index in [1.165, 1.54) is 6.07 Å². The molecule has 3 rings (SSSR count). The van der Waals surface area contributed by atoms with E-state index < -0.39 is 11.8 Å². The molecule has 1 saturated heterocycles. The first-order chi connectivity index (χ1) is 11.9. The largest absolute Gasteiger partial charge is 0.508 e. The van der Waals surface area contributed by atoms with Crippen LogP contribution >= 0.6 is 39.9 Å². The lowest BCUT2D eigenvalue weighted by molar-refractivity contribution is -0.123. The smallest absolute Gasteiger partial charge is 0.285 e. The quantitative estimate of drug-likeness (QED) is 0.569. The van der Waals surface area contributed by atoms with Crippen molar-refractivity contribution in [2.24, 2.45) is 0 Å². The van der Waals surface area contributed by atoms with E-state index in [1.807, 2.05) is 0 Å². The van der Waals surface area contributed by atoms with Gasteiger partial charge >= 0.3 is 0 Å². The first-order valence-electron chi connectivity index (χ1n) is 7.07. The Morgan fingerprint density at radius 3 is 2.64 bits per heavy atom. The van der Waals surface area contributed by atoms with Crippen LogP contribution in [0.15, 0.2) is 57.9 Å². The zero-order chi connectivity index (χ0) is 18.0. The standard InChI is InChI=1S/C17H11BrN2O3S2/c18-12-6-4-11(5-7-12)15(22)19-20-16(23)14(25-17(20)24)9-10-2-1-3-13(21)8-10/h1-9,21H,(H,19,22)/b14-9+. The molecule has 0 saturated carbocycles. The summed E-state index contributed by atoms with van der Waals surface area (Å²) < 4.78 is 1.09. The lowest BCUT2D eigenvalue weighted by atomic mass is 10.2. The van der Waals surface area contributed by atoms with E-state index in [9.17, 15) is 14.7 Å². The highest BCUT2D eigenvalue weighted by atomic mass is 79.9. The number of nitrogens with zero attached hydrogens (tertiary/aromatic N) is 1. The molecule has 8 heteroatoms. The van der Waals surface area contributed by atoms with Crippen molar-refractivity contribution in [3.63, 3.8) is 0 Å². The van der Waals surface area contributed by atoms with Crippen LogP contribution in [0.3, 0.4) is 0 Å². The van der Waals surface area contributed by atoms with Crippen LogP contribution in [0.1, 0.15) is 15.9 Å². The van der Waals surface area contributed by atoms with Crippen LogP contribution in [0, 0.1) is 0 Å². The van der Waals surface area contributed by atoms with Crippen molar-refractivity contribution in [3.8, 4) is 5.75 Å². The summed E-state index contributed by atoms with van der Waals surface area (Å²) in [6.07, 6.45) is 1.62. The molecule has 25 heavy (non-hydrogen) atoms. The fourth-order valence-electron chi connectivity index (χ4n) is 2.10. The minimum Gasteiger partial charge on any atom is -0.508 e. The third kappa shape index (κ3) is 4.09. The van der Waals surface area contributed by atoms with Crippen molar-refractivity contribution in [1.82, 2.24) is 10.4 Å². The minimum absolute atomic E-state index is 0.104. The van der Waals surface area contributed by atoms with Crippen LogP contribution in [0.5, 0.6) is 5.75 Å². The van der Waals surface area contributed by atoms with Gasteiger partial charge in [-0.2, -0.15) is 5.01 Å². The molecular weight excluding hydrogens is 424 g/mol. The predicted octanol–water partition coefficient (Wildman–Crippen LogP) is 3.70. The maximum absolute atomic E-state index is 12.5. The number of amides is 2. The topological polar surface area (TPSA) is 69.6 Å². The van der Waals surface area contributed by atoms with Crippen LogP contribution in [0.4, 0.5) is 0 Å². The molecule has 126 valence electrons. The summed E-state index contributed by atoms with van der Waals surface area (Å²) in [6.45, 7) is 0. The summed E-state index contributed by atoms with van der Waals surface area (Å²) in [4.78, 5) is 25.1. The van der Waals surface area contributed by atoms with Gasteiger partial charge in [0.25, 0.3) is 11.8 Å². The number of halogens is 1. The highest BCUT2D eigenvalue weighted by Gasteiger charge is 2.33. The van der Waals surface area contributed by atoms with Crippen LogP contribution in [-0.2, 0) is 4.79 Å². The number of hydrogen-bond donors (Lipinski definition) is 2. The zero-order valence-corrected chi connectivity index (χ0v) is 15.8. The van der Waals surface area contributed by atoms with Crippen molar-refractivity contribution < 1.29 is 14.7 Å². The number of thioether (sulfide) groups is 1. The average Bonchev–Trinajstić information content (AvgIpc) is 2.83. The molecule has 2 N–H and O–H groups in total. The van der Waals surface area contributed by atoms with E-state index in [4.69, 9.17) is 12.2 Å². The molecule has 0 unspecified atom stereocenters.